The number of hydrogen-bond acceptors (Lipinski definition) is 3. The van der Waals surface area contributed by atoms with Gasteiger partial charge < -0.3 is 14.8 Å². The Morgan fingerprint density at radius 1 is 1.11 bits per heavy atom. The van der Waals surface area contributed by atoms with Crippen LogP contribution in [0.3, 0.4) is 0 Å². The van der Waals surface area contributed by atoms with Crippen LogP contribution in [0.2, 0.25) is 5.02 Å². The van der Waals surface area contributed by atoms with E-state index in [1.807, 2.05) is 49.5 Å². The fraction of sp³-hybridized carbons (Fsp3) is 0.200. The summed E-state index contributed by atoms with van der Waals surface area (Å²) >= 11 is 6.00. The Bertz CT molecular complexity index is 558. The zero-order chi connectivity index (χ0) is 13.7. The van der Waals surface area contributed by atoms with Crippen molar-refractivity contribution < 1.29 is 9.47 Å². The molecule has 0 fully saturated rings. The van der Waals surface area contributed by atoms with Crippen LogP contribution in [-0.2, 0) is 6.54 Å². The smallest absolute Gasteiger partial charge is 0.132 e. The van der Waals surface area contributed by atoms with Crippen molar-refractivity contribution in [2.45, 2.75) is 6.54 Å². The number of methoxy groups -OCH3 is 1. The molecule has 0 saturated heterocycles. The molecule has 2 aromatic rings. The summed E-state index contributed by atoms with van der Waals surface area (Å²) < 4.78 is 11.1. The van der Waals surface area contributed by atoms with Crippen molar-refractivity contribution in [3.05, 3.63) is 53.1 Å². The second kappa shape index (κ2) is 6.45. The highest BCUT2D eigenvalue weighted by Gasteiger charge is 2.06. The summed E-state index contributed by atoms with van der Waals surface area (Å²) in [5.41, 5.74) is 1.01. The fourth-order valence-corrected chi connectivity index (χ4v) is 1.96. The SMILES string of the molecule is CNCc1cc(Cl)ccc1Oc1cccc(OC)c1. The lowest BCUT2D eigenvalue weighted by Crippen LogP contribution is -2.06. The molecule has 19 heavy (non-hydrogen) atoms. The topological polar surface area (TPSA) is 30.5 Å². The maximum absolute atomic E-state index is 6.00. The molecule has 3 nitrogen and oxygen atoms in total. The summed E-state index contributed by atoms with van der Waals surface area (Å²) in [5.74, 6) is 2.28. The van der Waals surface area contributed by atoms with Crippen molar-refractivity contribution in [2.75, 3.05) is 14.2 Å². The molecular weight excluding hydrogens is 262 g/mol. The van der Waals surface area contributed by atoms with Crippen molar-refractivity contribution in [1.82, 2.24) is 5.32 Å². The first kappa shape index (κ1) is 13.7. The van der Waals surface area contributed by atoms with Gasteiger partial charge >= 0.3 is 0 Å². The van der Waals surface area contributed by atoms with E-state index in [2.05, 4.69) is 5.32 Å². The van der Waals surface area contributed by atoms with Gasteiger partial charge in [0, 0.05) is 23.2 Å². The molecule has 1 N–H and O–H groups in total. The van der Waals surface area contributed by atoms with E-state index in [0.29, 0.717) is 11.6 Å². The van der Waals surface area contributed by atoms with Crippen molar-refractivity contribution in [3.8, 4) is 17.2 Å². The monoisotopic (exact) mass is 277 g/mol. The van der Waals surface area contributed by atoms with E-state index < -0.39 is 0 Å². The van der Waals surface area contributed by atoms with Crippen molar-refractivity contribution in [1.29, 1.82) is 0 Å². The second-order valence-electron chi connectivity index (χ2n) is 4.06. The van der Waals surface area contributed by atoms with E-state index in [1.54, 1.807) is 7.11 Å². The molecule has 2 rings (SSSR count). The summed E-state index contributed by atoms with van der Waals surface area (Å²) in [6.07, 6.45) is 0. The van der Waals surface area contributed by atoms with Gasteiger partial charge in [-0.15, -0.1) is 0 Å². The maximum atomic E-state index is 6.00. The molecule has 0 bridgehead atoms. The largest absolute Gasteiger partial charge is 0.497 e. The van der Waals surface area contributed by atoms with Gasteiger partial charge in [0.15, 0.2) is 0 Å². The minimum atomic E-state index is 0.694. The van der Waals surface area contributed by atoms with Crippen molar-refractivity contribution in [3.63, 3.8) is 0 Å². The molecule has 0 radical (unpaired) electrons. The van der Waals surface area contributed by atoms with Crippen LogP contribution >= 0.6 is 11.6 Å². The highest BCUT2D eigenvalue weighted by atomic mass is 35.5. The molecule has 0 atom stereocenters. The Hall–Kier alpha value is -1.71. The minimum absolute atomic E-state index is 0.694. The predicted octanol–water partition coefficient (Wildman–Crippen LogP) is 3.86. The fourth-order valence-electron chi connectivity index (χ4n) is 1.77. The molecule has 4 heteroatoms. The van der Waals surface area contributed by atoms with Crippen LogP contribution < -0.4 is 14.8 Å². The molecule has 0 aliphatic heterocycles. The third-order valence-corrected chi connectivity index (χ3v) is 2.89. The first-order chi connectivity index (χ1) is 9.22. The molecule has 0 aliphatic carbocycles. The summed E-state index contributed by atoms with van der Waals surface area (Å²) in [4.78, 5) is 0. The highest BCUT2D eigenvalue weighted by molar-refractivity contribution is 6.30. The number of benzene rings is 2. The first-order valence-electron chi connectivity index (χ1n) is 5.98. The Kier molecular flexibility index (Phi) is 4.66. The van der Waals surface area contributed by atoms with Crippen LogP contribution in [0.5, 0.6) is 17.2 Å². The van der Waals surface area contributed by atoms with Gasteiger partial charge in [-0.1, -0.05) is 17.7 Å². The molecular formula is C15H16ClNO2. The van der Waals surface area contributed by atoms with Gasteiger partial charge in [-0.05, 0) is 37.4 Å². The van der Waals surface area contributed by atoms with Crippen LogP contribution in [0.25, 0.3) is 0 Å². The summed E-state index contributed by atoms with van der Waals surface area (Å²) in [7, 11) is 3.52. The molecule has 0 unspecified atom stereocenters. The Labute approximate surface area is 118 Å². The number of ether oxygens (including phenoxy) is 2. The van der Waals surface area contributed by atoms with E-state index >= 15 is 0 Å². The maximum Gasteiger partial charge on any atom is 0.132 e. The molecule has 0 spiro atoms. The molecule has 0 aromatic heterocycles. The lowest BCUT2D eigenvalue weighted by Gasteiger charge is -2.12. The summed E-state index contributed by atoms with van der Waals surface area (Å²) in [5, 5.41) is 3.79. The third-order valence-electron chi connectivity index (χ3n) is 2.66. The molecule has 0 saturated carbocycles. The average molecular weight is 278 g/mol. The van der Waals surface area contributed by atoms with E-state index in [9.17, 15) is 0 Å². The van der Waals surface area contributed by atoms with E-state index in [-0.39, 0.29) is 0 Å². The van der Waals surface area contributed by atoms with Crippen molar-refractivity contribution >= 4 is 11.6 Å². The van der Waals surface area contributed by atoms with E-state index in [0.717, 1.165) is 22.8 Å². The van der Waals surface area contributed by atoms with Crippen LogP contribution in [0.4, 0.5) is 0 Å². The molecule has 100 valence electrons. The predicted molar refractivity (Wildman–Crippen MR) is 77.3 cm³/mol. The summed E-state index contributed by atoms with van der Waals surface area (Å²) in [6, 6.07) is 13.1. The average Bonchev–Trinajstić information content (AvgIpc) is 2.42. The van der Waals surface area contributed by atoms with Gasteiger partial charge in [-0.25, -0.2) is 0 Å². The van der Waals surface area contributed by atoms with Gasteiger partial charge in [0.25, 0.3) is 0 Å². The van der Waals surface area contributed by atoms with Crippen LogP contribution in [0.15, 0.2) is 42.5 Å². The number of halogens is 1. The molecule has 0 heterocycles. The van der Waals surface area contributed by atoms with Gasteiger partial charge in [0.2, 0.25) is 0 Å². The number of rotatable bonds is 5. The van der Waals surface area contributed by atoms with Crippen LogP contribution in [0.1, 0.15) is 5.56 Å². The van der Waals surface area contributed by atoms with Crippen LogP contribution in [0, 0.1) is 0 Å². The highest BCUT2D eigenvalue weighted by Crippen LogP contribution is 2.29. The molecule has 0 amide bonds. The zero-order valence-corrected chi connectivity index (χ0v) is 11.7. The lowest BCUT2D eigenvalue weighted by atomic mass is 10.2. The normalized spacial score (nSPS) is 10.3. The Balaban J connectivity index is 2.26. The lowest BCUT2D eigenvalue weighted by molar-refractivity contribution is 0.408. The Morgan fingerprint density at radius 2 is 1.89 bits per heavy atom. The van der Waals surface area contributed by atoms with E-state index in [4.69, 9.17) is 21.1 Å². The number of hydrogen-bond donors (Lipinski definition) is 1. The van der Waals surface area contributed by atoms with Gasteiger partial charge in [-0.3, -0.25) is 0 Å². The first-order valence-corrected chi connectivity index (χ1v) is 6.35. The standard InChI is InChI=1S/C15H16ClNO2/c1-17-10-11-8-12(16)6-7-15(11)19-14-5-3-4-13(9-14)18-2/h3-9,17H,10H2,1-2H3. The van der Waals surface area contributed by atoms with E-state index in [1.165, 1.54) is 0 Å². The minimum Gasteiger partial charge on any atom is -0.497 e. The Morgan fingerprint density at radius 3 is 2.63 bits per heavy atom. The second-order valence-corrected chi connectivity index (χ2v) is 4.50. The summed E-state index contributed by atoms with van der Waals surface area (Å²) in [6.45, 7) is 0.694. The third kappa shape index (κ3) is 3.63. The van der Waals surface area contributed by atoms with Crippen LogP contribution in [-0.4, -0.2) is 14.2 Å². The zero-order valence-electron chi connectivity index (χ0n) is 10.9. The molecule has 0 aliphatic rings. The van der Waals surface area contributed by atoms with Crippen molar-refractivity contribution in [2.24, 2.45) is 0 Å². The van der Waals surface area contributed by atoms with Gasteiger partial charge in [-0.2, -0.15) is 0 Å². The van der Waals surface area contributed by atoms with Gasteiger partial charge in [0.1, 0.15) is 17.2 Å². The number of nitrogens with one attached hydrogen (secondary N) is 1. The molecule has 2 aromatic carbocycles. The van der Waals surface area contributed by atoms with Gasteiger partial charge in [0.05, 0.1) is 7.11 Å². The quantitative estimate of drug-likeness (QED) is 0.900.